The first-order valence-electron chi connectivity index (χ1n) is 6.59. The van der Waals surface area contributed by atoms with Gasteiger partial charge in [0.15, 0.2) is 0 Å². The van der Waals surface area contributed by atoms with Crippen molar-refractivity contribution >= 4 is 17.3 Å². The van der Waals surface area contributed by atoms with Crippen LogP contribution in [-0.4, -0.2) is 48.2 Å². The van der Waals surface area contributed by atoms with E-state index < -0.39 is 5.97 Å². The number of likely N-dealkylation sites (N-methyl/N-ethyl adjacent to an activating group) is 1. The number of hydrogen-bond acceptors (Lipinski definition) is 5. The minimum atomic E-state index is -0.868. The van der Waals surface area contributed by atoms with E-state index in [4.69, 9.17) is 9.84 Å². The van der Waals surface area contributed by atoms with E-state index in [9.17, 15) is 4.79 Å². The Morgan fingerprint density at radius 2 is 2.24 bits per heavy atom. The molecule has 112 valence electrons. The summed E-state index contributed by atoms with van der Waals surface area (Å²) in [5.74, 6) is -0.0723. The summed E-state index contributed by atoms with van der Waals surface area (Å²) in [7, 11) is 4.00. The Morgan fingerprint density at radius 1 is 1.43 bits per heavy atom. The third-order valence-corrected chi connectivity index (χ3v) is 3.71. The van der Waals surface area contributed by atoms with Crippen molar-refractivity contribution in [3.05, 3.63) is 35.3 Å². The Kier molecular flexibility index (Phi) is 5.30. The maximum absolute atomic E-state index is 10.7. The van der Waals surface area contributed by atoms with E-state index in [1.807, 2.05) is 38.4 Å². The number of ether oxygens (including phenoxy) is 1. The van der Waals surface area contributed by atoms with Gasteiger partial charge in [-0.05, 0) is 26.2 Å². The minimum Gasteiger partial charge on any atom is -0.492 e. The maximum atomic E-state index is 10.7. The second kappa shape index (κ2) is 7.19. The van der Waals surface area contributed by atoms with E-state index in [1.165, 1.54) is 11.3 Å². The second-order valence-corrected chi connectivity index (χ2v) is 5.75. The van der Waals surface area contributed by atoms with Crippen molar-refractivity contribution in [3.8, 4) is 16.3 Å². The van der Waals surface area contributed by atoms with Gasteiger partial charge in [-0.3, -0.25) is 4.79 Å². The molecule has 2 rings (SSSR count). The smallest absolute Gasteiger partial charge is 0.309 e. The molecule has 0 spiro atoms. The van der Waals surface area contributed by atoms with Gasteiger partial charge in [0.05, 0.1) is 12.1 Å². The van der Waals surface area contributed by atoms with E-state index in [2.05, 4.69) is 9.88 Å². The van der Waals surface area contributed by atoms with Crippen molar-refractivity contribution in [1.82, 2.24) is 9.88 Å². The largest absolute Gasteiger partial charge is 0.492 e. The standard InChI is InChI=1S/C15H18N2O3S/c1-17(2)6-7-20-13-5-3-4-11(8-13)15-16-12(10-21-15)9-14(18)19/h3-5,8,10H,6-7,9H2,1-2H3,(H,18,19). The highest BCUT2D eigenvalue weighted by Crippen LogP contribution is 2.27. The zero-order chi connectivity index (χ0) is 15.2. The molecule has 0 radical (unpaired) electrons. The van der Waals surface area contributed by atoms with Gasteiger partial charge in [-0.1, -0.05) is 12.1 Å². The van der Waals surface area contributed by atoms with Gasteiger partial charge in [-0.15, -0.1) is 11.3 Å². The number of aliphatic carboxylic acids is 1. The first-order chi connectivity index (χ1) is 10.0. The molecular formula is C15H18N2O3S. The summed E-state index contributed by atoms with van der Waals surface area (Å²) >= 11 is 1.44. The van der Waals surface area contributed by atoms with Crippen LogP contribution in [0.15, 0.2) is 29.6 Å². The van der Waals surface area contributed by atoms with Crippen molar-refractivity contribution < 1.29 is 14.6 Å². The summed E-state index contributed by atoms with van der Waals surface area (Å²) in [5.41, 5.74) is 1.53. The molecule has 0 atom stereocenters. The predicted octanol–water partition coefficient (Wildman–Crippen LogP) is 2.38. The molecule has 0 fully saturated rings. The highest BCUT2D eigenvalue weighted by atomic mass is 32.1. The second-order valence-electron chi connectivity index (χ2n) is 4.89. The minimum absolute atomic E-state index is 0.0461. The molecule has 1 heterocycles. The highest BCUT2D eigenvalue weighted by molar-refractivity contribution is 7.13. The third-order valence-electron chi connectivity index (χ3n) is 2.77. The first-order valence-corrected chi connectivity index (χ1v) is 7.47. The highest BCUT2D eigenvalue weighted by Gasteiger charge is 2.08. The zero-order valence-corrected chi connectivity index (χ0v) is 12.9. The molecule has 1 aromatic carbocycles. The number of hydrogen-bond donors (Lipinski definition) is 1. The van der Waals surface area contributed by atoms with Crippen LogP contribution >= 0.6 is 11.3 Å². The van der Waals surface area contributed by atoms with Gasteiger partial charge in [0.1, 0.15) is 17.4 Å². The lowest BCUT2D eigenvalue weighted by Crippen LogP contribution is -2.19. The zero-order valence-electron chi connectivity index (χ0n) is 12.1. The molecule has 0 aliphatic rings. The van der Waals surface area contributed by atoms with Gasteiger partial charge in [0, 0.05) is 17.5 Å². The number of rotatable bonds is 7. The number of aromatic nitrogens is 1. The van der Waals surface area contributed by atoms with E-state index >= 15 is 0 Å². The number of carbonyl (C=O) groups is 1. The molecular weight excluding hydrogens is 288 g/mol. The molecule has 0 bridgehead atoms. The summed E-state index contributed by atoms with van der Waals surface area (Å²) in [6, 6.07) is 7.70. The molecule has 2 aromatic rings. The van der Waals surface area contributed by atoms with Crippen molar-refractivity contribution in [2.75, 3.05) is 27.2 Å². The lowest BCUT2D eigenvalue weighted by Gasteiger charge is -2.11. The van der Waals surface area contributed by atoms with Gasteiger partial charge < -0.3 is 14.7 Å². The van der Waals surface area contributed by atoms with Crippen molar-refractivity contribution in [3.63, 3.8) is 0 Å². The van der Waals surface area contributed by atoms with E-state index in [1.54, 1.807) is 5.38 Å². The molecule has 1 N–H and O–H groups in total. The number of carboxylic acids is 1. The van der Waals surface area contributed by atoms with Crippen LogP contribution in [0.2, 0.25) is 0 Å². The Morgan fingerprint density at radius 3 is 2.95 bits per heavy atom. The van der Waals surface area contributed by atoms with Gasteiger partial charge in [-0.25, -0.2) is 4.98 Å². The van der Waals surface area contributed by atoms with Gasteiger partial charge in [0.25, 0.3) is 0 Å². The Bertz CT molecular complexity index is 610. The lowest BCUT2D eigenvalue weighted by atomic mass is 10.2. The Balaban J connectivity index is 2.06. The van der Waals surface area contributed by atoms with E-state index in [-0.39, 0.29) is 6.42 Å². The average molecular weight is 306 g/mol. The van der Waals surface area contributed by atoms with Crippen LogP contribution in [0.1, 0.15) is 5.69 Å². The first kappa shape index (κ1) is 15.5. The van der Waals surface area contributed by atoms with Crippen molar-refractivity contribution in [2.45, 2.75) is 6.42 Å². The Hall–Kier alpha value is -1.92. The number of benzene rings is 1. The van der Waals surface area contributed by atoms with Crippen molar-refractivity contribution in [2.24, 2.45) is 0 Å². The van der Waals surface area contributed by atoms with Gasteiger partial charge in [0.2, 0.25) is 0 Å². The van der Waals surface area contributed by atoms with E-state index in [0.29, 0.717) is 12.3 Å². The molecule has 21 heavy (non-hydrogen) atoms. The topological polar surface area (TPSA) is 62.7 Å². The molecule has 6 heteroatoms. The van der Waals surface area contributed by atoms with Crippen LogP contribution in [0.3, 0.4) is 0 Å². The molecule has 1 aromatic heterocycles. The molecule has 0 amide bonds. The Labute approximate surface area is 127 Å². The summed E-state index contributed by atoms with van der Waals surface area (Å²) in [4.78, 5) is 17.1. The van der Waals surface area contributed by atoms with Crippen LogP contribution in [0.4, 0.5) is 0 Å². The van der Waals surface area contributed by atoms with Crippen LogP contribution in [0.25, 0.3) is 10.6 Å². The normalized spacial score (nSPS) is 10.8. The van der Waals surface area contributed by atoms with Crippen LogP contribution in [-0.2, 0) is 11.2 Å². The third kappa shape index (κ3) is 4.84. The summed E-state index contributed by atoms with van der Waals surface area (Å²) < 4.78 is 5.69. The predicted molar refractivity (Wildman–Crippen MR) is 82.9 cm³/mol. The molecule has 0 aliphatic heterocycles. The van der Waals surface area contributed by atoms with Gasteiger partial charge >= 0.3 is 5.97 Å². The number of nitrogens with zero attached hydrogens (tertiary/aromatic N) is 2. The average Bonchev–Trinajstić information content (AvgIpc) is 2.86. The lowest BCUT2D eigenvalue weighted by molar-refractivity contribution is -0.136. The summed E-state index contributed by atoms with van der Waals surface area (Å²) in [6.07, 6.45) is -0.0461. The van der Waals surface area contributed by atoms with Gasteiger partial charge in [-0.2, -0.15) is 0 Å². The number of thiazole rings is 1. The number of carboxylic acid groups (broad SMARTS) is 1. The fourth-order valence-electron chi connectivity index (χ4n) is 1.74. The summed E-state index contributed by atoms with van der Waals surface area (Å²) in [5, 5.41) is 11.4. The molecule has 0 saturated carbocycles. The van der Waals surface area contributed by atoms with Crippen LogP contribution in [0.5, 0.6) is 5.75 Å². The summed E-state index contributed by atoms with van der Waals surface area (Å²) in [6.45, 7) is 1.48. The molecule has 5 nitrogen and oxygen atoms in total. The molecule has 0 unspecified atom stereocenters. The van der Waals surface area contributed by atoms with Crippen LogP contribution in [0, 0.1) is 0 Å². The van der Waals surface area contributed by atoms with Crippen molar-refractivity contribution in [1.29, 1.82) is 0 Å². The molecule has 0 saturated heterocycles. The van der Waals surface area contributed by atoms with E-state index in [0.717, 1.165) is 22.9 Å². The fraction of sp³-hybridized carbons (Fsp3) is 0.333. The quantitative estimate of drug-likeness (QED) is 0.851. The maximum Gasteiger partial charge on any atom is 0.309 e. The fourth-order valence-corrected chi connectivity index (χ4v) is 2.56. The molecule has 0 aliphatic carbocycles. The monoisotopic (exact) mass is 306 g/mol. The van der Waals surface area contributed by atoms with Crippen LogP contribution < -0.4 is 4.74 Å². The SMILES string of the molecule is CN(C)CCOc1cccc(-c2nc(CC(=O)O)cs2)c1.